The summed E-state index contributed by atoms with van der Waals surface area (Å²) >= 11 is 2.23. The fourth-order valence-electron chi connectivity index (χ4n) is 2.36. The van der Waals surface area contributed by atoms with E-state index in [9.17, 15) is 4.79 Å². The zero-order valence-electron chi connectivity index (χ0n) is 11.2. The summed E-state index contributed by atoms with van der Waals surface area (Å²) < 4.78 is 6.79. The maximum atomic E-state index is 12.1. The van der Waals surface area contributed by atoms with Gasteiger partial charge >= 0.3 is 0 Å². The first kappa shape index (κ1) is 14.6. The molecule has 1 atom stereocenters. The topological polar surface area (TPSA) is 38.3 Å². The first-order valence-electron chi connectivity index (χ1n) is 6.88. The third kappa shape index (κ3) is 4.67. The van der Waals surface area contributed by atoms with Crippen molar-refractivity contribution in [3.8, 4) is 5.75 Å². The summed E-state index contributed by atoms with van der Waals surface area (Å²) in [6.07, 6.45) is 5.48. The van der Waals surface area contributed by atoms with E-state index in [-0.39, 0.29) is 5.91 Å². The van der Waals surface area contributed by atoms with Crippen molar-refractivity contribution in [2.45, 2.75) is 51.2 Å². The molecule has 1 N–H and O–H groups in total. The van der Waals surface area contributed by atoms with Crippen LogP contribution in [0.3, 0.4) is 0 Å². The molecule has 104 valence electrons. The molecule has 0 heterocycles. The molecule has 0 radical (unpaired) electrons. The molecule has 1 unspecified atom stereocenters. The van der Waals surface area contributed by atoms with Crippen molar-refractivity contribution in [2.24, 2.45) is 0 Å². The fraction of sp³-hybridized carbons (Fsp3) is 0.533. The van der Waals surface area contributed by atoms with E-state index in [4.69, 9.17) is 4.74 Å². The lowest BCUT2D eigenvalue weighted by Crippen LogP contribution is -2.43. The number of carbonyl (C=O) groups excluding carboxylic acids is 1. The van der Waals surface area contributed by atoms with Gasteiger partial charge in [0.1, 0.15) is 5.75 Å². The predicted octanol–water partition coefficient (Wildman–Crippen LogP) is 3.51. The van der Waals surface area contributed by atoms with Crippen molar-refractivity contribution in [3.05, 3.63) is 27.8 Å². The Balaban J connectivity index is 1.84. The molecule has 1 aromatic rings. The van der Waals surface area contributed by atoms with Crippen LogP contribution in [0.1, 0.15) is 39.0 Å². The number of rotatable bonds is 4. The Morgan fingerprint density at radius 2 is 2.11 bits per heavy atom. The third-order valence-corrected chi connectivity index (χ3v) is 4.10. The first-order valence-corrected chi connectivity index (χ1v) is 7.95. The number of ether oxygens (including phenoxy) is 1. The molecule has 19 heavy (non-hydrogen) atoms. The summed E-state index contributed by atoms with van der Waals surface area (Å²) in [5, 5.41) is 3.09. The summed E-state index contributed by atoms with van der Waals surface area (Å²) in [6, 6.07) is 8.09. The van der Waals surface area contributed by atoms with E-state index in [0.717, 1.165) is 22.2 Å². The number of halogens is 1. The minimum atomic E-state index is -0.444. The molecule has 0 aromatic heterocycles. The quantitative estimate of drug-likeness (QED) is 0.821. The second kappa shape index (κ2) is 7.12. The second-order valence-electron chi connectivity index (χ2n) is 5.06. The van der Waals surface area contributed by atoms with Gasteiger partial charge in [0.15, 0.2) is 6.10 Å². The zero-order chi connectivity index (χ0) is 13.7. The molecule has 1 fully saturated rings. The van der Waals surface area contributed by atoms with Gasteiger partial charge in [0.25, 0.3) is 5.91 Å². The molecule has 1 amide bonds. The molecule has 0 spiro atoms. The highest BCUT2D eigenvalue weighted by Crippen LogP contribution is 2.19. The molecule has 1 aliphatic rings. The Bertz CT molecular complexity index is 430. The summed E-state index contributed by atoms with van der Waals surface area (Å²) in [6.45, 7) is 1.80. The van der Waals surface area contributed by atoms with Gasteiger partial charge in [0, 0.05) is 9.61 Å². The smallest absolute Gasteiger partial charge is 0.260 e. The molecule has 1 aliphatic carbocycles. The lowest BCUT2D eigenvalue weighted by atomic mass is 9.95. The van der Waals surface area contributed by atoms with Crippen LogP contribution >= 0.6 is 22.6 Å². The Morgan fingerprint density at radius 3 is 2.79 bits per heavy atom. The molecule has 2 rings (SSSR count). The van der Waals surface area contributed by atoms with Crippen molar-refractivity contribution in [1.29, 1.82) is 0 Å². The Labute approximate surface area is 128 Å². The highest BCUT2D eigenvalue weighted by molar-refractivity contribution is 14.1. The first-order chi connectivity index (χ1) is 9.15. The highest BCUT2D eigenvalue weighted by Gasteiger charge is 2.20. The monoisotopic (exact) mass is 373 g/mol. The maximum absolute atomic E-state index is 12.1. The minimum Gasteiger partial charge on any atom is -0.481 e. The van der Waals surface area contributed by atoms with Crippen LogP contribution in [0, 0.1) is 3.57 Å². The van der Waals surface area contributed by atoms with Gasteiger partial charge in [0.2, 0.25) is 0 Å². The number of hydrogen-bond donors (Lipinski definition) is 1. The Hall–Kier alpha value is -0.780. The maximum Gasteiger partial charge on any atom is 0.260 e. The number of nitrogens with one attached hydrogen (secondary N) is 1. The molecule has 3 nitrogen and oxygen atoms in total. The van der Waals surface area contributed by atoms with E-state index >= 15 is 0 Å². The van der Waals surface area contributed by atoms with Gasteiger partial charge in [-0.3, -0.25) is 4.79 Å². The normalized spacial score (nSPS) is 17.8. The average Bonchev–Trinajstić information content (AvgIpc) is 2.40. The van der Waals surface area contributed by atoms with Crippen LogP contribution in [0.5, 0.6) is 5.75 Å². The van der Waals surface area contributed by atoms with E-state index in [1.54, 1.807) is 6.92 Å². The average molecular weight is 373 g/mol. The Morgan fingerprint density at radius 1 is 1.37 bits per heavy atom. The third-order valence-electron chi connectivity index (χ3n) is 3.43. The van der Waals surface area contributed by atoms with E-state index in [1.807, 2.05) is 24.3 Å². The molecule has 4 heteroatoms. The summed E-state index contributed by atoms with van der Waals surface area (Å²) in [4.78, 5) is 12.1. The highest BCUT2D eigenvalue weighted by atomic mass is 127. The largest absolute Gasteiger partial charge is 0.481 e. The van der Waals surface area contributed by atoms with E-state index < -0.39 is 6.10 Å². The lowest BCUT2D eigenvalue weighted by Gasteiger charge is -2.24. The van der Waals surface area contributed by atoms with Crippen LogP contribution in [0.2, 0.25) is 0 Å². The van der Waals surface area contributed by atoms with Crippen LogP contribution in [-0.2, 0) is 4.79 Å². The summed E-state index contributed by atoms with van der Waals surface area (Å²) in [7, 11) is 0. The van der Waals surface area contributed by atoms with Gasteiger partial charge in [0.05, 0.1) is 0 Å². The van der Waals surface area contributed by atoms with Gasteiger partial charge in [-0.2, -0.15) is 0 Å². The van der Waals surface area contributed by atoms with Crippen LogP contribution in [0.25, 0.3) is 0 Å². The van der Waals surface area contributed by atoms with Crippen molar-refractivity contribution in [2.75, 3.05) is 0 Å². The second-order valence-corrected chi connectivity index (χ2v) is 6.31. The predicted molar refractivity (Wildman–Crippen MR) is 84.3 cm³/mol. The molecular formula is C15H20INO2. The molecular weight excluding hydrogens is 353 g/mol. The van der Waals surface area contributed by atoms with E-state index in [1.165, 1.54) is 19.3 Å². The van der Waals surface area contributed by atoms with Crippen molar-refractivity contribution in [1.82, 2.24) is 5.32 Å². The van der Waals surface area contributed by atoms with Crippen LogP contribution < -0.4 is 10.1 Å². The Kier molecular flexibility index (Phi) is 5.48. The number of hydrogen-bond acceptors (Lipinski definition) is 2. The minimum absolute atomic E-state index is 0.00855. The molecule has 1 saturated carbocycles. The lowest BCUT2D eigenvalue weighted by molar-refractivity contribution is -0.128. The van der Waals surface area contributed by atoms with Gasteiger partial charge in [-0.1, -0.05) is 25.3 Å². The standard InChI is InChI=1S/C15H20INO2/c1-11(19-14-9-5-6-12(16)10-14)15(18)17-13-7-3-2-4-8-13/h5-6,9-11,13H,2-4,7-8H2,1H3,(H,17,18). The molecule has 0 saturated heterocycles. The number of amides is 1. The SMILES string of the molecule is CC(Oc1cccc(I)c1)C(=O)NC1CCCCC1. The number of benzene rings is 1. The van der Waals surface area contributed by atoms with E-state index in [2.05, 4.69) is 27.9 Å². The van der Waals surface area contributed by atoms with Crippen molar-refractivity contribution >= 4 is 28.5 Å². The summed E-state index contributed by atoms with van der Waals surface area (Å²) in [5.74, 6) is 0.740. The van der Waals surface area contributed by atoms with Gasteiger partial charge < -0.3 is 10.1 Å². The van der Waals surface area contributed by atoms with E-state index in [0.29, 0.717) is 6.04 Å². The zero-order valence-corrected chi connectivity index (χ0v) is 13.4. The van der Waals surface area contributed by atoms with Gasteiger partial charge in [-0.25, -0.2) is 0 Å². The van der Waals surface area contributed by atoms with Crippen LogP contribution in [0.4, 0.5) is 0 Å². The molecule has 0 bridgehead atoms. The fourth-order valence-corrected chi connectivity index (χ4v) is 2.88. The van der Waals surface area contributed by atoms with Crippen LogP contribution in [0.15, 0.2) is 24.3 Å². The molecule has 1 aromatic carbocycles. The van der Waals surface area contributed by atoms with Gasteiger partial charge in [-0.15, -0.1) is 0 Å². The van der Waals surface area contributed by atoms with Crippen molar-refractivity contribution < 1.29 is 9.53 Å². The van der Waals surface area contributed by atoms with Crippen LogP contribution in [-0.4, -0.2) is 18.1 Å². The summed E-state index contributed by atoms with van der Waals surface area (Å²) in [5.41, 5.74) is 0. The number of carbonyl (C=O) groups is 1. The molecule has 0 aliphatic heterocycles. The van der Waals surface area contributed by atoms with Gasteiger partial charge in [-0.05, 0) is 60.6 Å². The van der Waals surface area contributed by atoms with Crippen molar-refractivity contribution in [3.63, 3.8) is 0 Å².